The topological polar surface area (TPSA) is 93.1 Å². The number of nitrogens with zero attached hydrogens (tertiary/aromatic N) is 2. The molecule has 0 bridgehead atoms. The second kappa shape index (κ2) is 12.7. The fourth-order valence-electron chi connectivity index (χ4n) is 3.98. The number of ether oxygens (including phenoxy) is 1. The molecule has 4 rings (SSSR count). The zero-order chi connectivity index (χ0) is 29.6. The molecule has 3 aromatic carbocycles. The average Bonchev–Trinajstić information content (AvgIpc) is 3.79. The standard InChI is InChI=1S/C30H27F4N5O2/c1-36-21-4-3-5-22(15-21)38-26(16-27(35)30(32,33)34)29(40)39-25-14-20(10-13-24(25)31)28(37-17-18-6-7-18)19-8-11-23(41-2)12-9-19/h3-5,8-16,18,28,37H,6-7,17,35H2,2H3,(H,39,40)/b27-16-,38-26?. The van der Waals surface area contributed by atoms with Gasteiger partial charge in [-0.05, 0) is 78.9 Å². The summed E-state index contributed by atoms with van der Waals surface area (Å²) in [5, 5.41) is 5.82. The van der Waals surface area contributed by atoms with Crippen LogP contribution in [-0.4, -0.2) is 31.4 Å². The van der Waals surface area contributed by atoms with Gasteiger partial charge in [0.05, 0.1) is 31.1 Å². The molecule has 212 valence electrons. The van der Waals surface area contributed by atoms with Crippen molar-refractivity contribution in [2.75, 3.05) is 19.0 Å². The lowest BCUT2D eigenvalue weighted by Gasteiger charge is -2.21. The number of benzene rings is 3. The van der Waals surface area contributed by atoms with Crippen molar-refractivity contribution in [3.8, 4) is 5.75 Å². The maximum absolute atomic E-state index is 14.9. The SMILES string of the molecule is [C-]#[N+]c1cccc(N=C(/C=C(\N)C(F)(F)F)C(=O)Nc2cc(C(NCC3CC3)c3ccc(OC)cc3)ccc2F)c1. The number of carbonyl (C=O) groups excluding carboxylic acids is 1. The minimum Gasteiger partial charge on any atom is -0.497 e. The van der Waals surface area contributed by atoms with Crippen LogP contribution in [0.2, 0.25) is 0 Å². The molecule has 0 spiro atoms. The number of anilines is 1. The lowest BCUT2D eigenvalue weighted by molar-refractivity contribution is -0.110. The number of amides is 1. The number of hydrogen-bond donors (Lipinski definition) is 3. The Balaban J connectivity index is 1.68. The minimum absolute atomic E-state index is 0.0490. The largest absolute Gasteiger partial charge is 0.497 e. The molecule has 0 aliphatic heterocycles. The third kappa shape index (κ3) is 7.93. The number of allylic oxidation sites excluding steroid dienone is 1. The third-order valence-electron chi connectivity index (χ3n) is 6.39. The summed E-state index contributed by atoms with van der Waals surface area (Å²) >= 11 is 0. The van der Waals surface area contributed by atoms with Crippen LogP contribution >= 0.6 is 0 Å². The Kier molecular flexibility index (Phi) is 9.04. The molecule has 0 heterocycles. The van der Waals surface area contributed by atoms with Gasteiger partial charge in [-0.25, -0.2) is 14.2 Å². The Morgan fingerprint density at radius 2 is 1.85 bits per heavy atom. The number of aliphatic imine (C=N–C) groups is 1. The predicted octanol–water partition coefficient (Wildman–Crippen LogP) is 6.59. The molecule has 4 N–H and O–H groups in total. The van der Waals surface area contributed by atoms with Crippen LogP contribution in [0.25, 0.3) is 4.85 Å². The van der Waals surface area contributed by atoms with E-state index in [1.54, 1.807) is 25.3 Å². The van der Waals surface area contributed by atoms with Crippen molar-refractivity contribution in [1.29, 1.82) is 0 Å². The molecule has 0 aromatic heterocycles. The Labute approximate surface area is 234 Å². The molecule has 0 radical (unpaired) electrons. The Hall–Kier alpha value is -4.69. The lowest BCUT2D eigenvalue weighted by Crippen LogP contribution is -2.27. The number of hydrogen-bond acceptors (Lipinski definition) is 5. The van der Waals surface area contributed by atoms with Gasteiger partial charge in [0.15, 0.2) is 5.69 Å². The maximum atomic E-state index is 14.9. The van der Waals surface area contributed by atoms with E-state index in [2.05, 4.69) is 20.5 Å². The summed E-state index contributed by atoms with van der Waals surface area (Å²) in [6.45, 7) is 7.87. The van der Waals surface area contributed by atoms with Gasteiger partial charge in [0.2, 0.25) is 0 Å². The fourth-order valence-corrected chi connectivity index (χ4v) is 3.98. The molecular weight excluding hydrogens is 538 g/mol. The fraction of sp³-hybridized carbons (Fsp3) is 0.233. The maximum Gasteiger partial charge on any atom is 0.430 e. The van der Waals surface area contributed by atoms with Crippen LogP contribution in [0.1, 0.15) is 30.0 Å². The first-order valence-electron chi connectivity index (χ1n) is 12.7. The van der Waals surface area contributed by atoms with Gasteiger partial charge in [-0.2, -0.15) is 13.2 Å². The number of nitrogens with two attached hydrogens (primary N) is 1. The molecular formula is C30H27F4N5O2. The summed E-state index contributed by atoms with van der Waals surface area (Å²) in [5.74, 6) is -0.698. The zero-order valence-electron chi connectivity index (χ0n) is 22.0. The van der Waals surface area contributed by atoms with Crippen LogP contribution < -0.4 is 21.1 Å². The molecule has 0 saturated heterocycles. The lowest BCUT2D eigenvalue weighted by atomic mass is 9.97. The van der Waals surface area contributed by atoms with E-state index in [0.717, 1.165) is 24.9 Å². The highest BCUT2D eigenvalue weighted by Gasteiger charge is 2.32. The molecule has 1 unspecified atom stereocenters. The van der Waals surface area contributed by atoms with Crippen molar-refractivity contribution in [3.63, 3.8) is 0 Å². The Morgan fingerprint density at radius 1 is 1.15 bits per heavy atom. The van der Waals surface area contributed by atoms with Gasteiger partial charge in [-0.3, -0.25) is 4.79 Å². The summed E-state index contributed by atoms with van der Waals surface area (Å²) in [7, 11) is 1.56. The van der Waals surface area contributed by atoms with E-state index in [0.29, 0.717) is 23.3 Å². The first-order chi connectivity index (χ1) is 19.6. The van der Waals surface area contributed by atoms with Gasteiger partial charge in [-0.15, -0.1) is 0 Å². The van der Waals surface area contributed by atoms with Crippen LogP contribution in [0.15, 0.2) is 83.5 Å². The number of methoxy groups -OCH3 is 1. The van der Waals surface area contributed by atoms with Crippen molar-refractivity contribution < 1.29 is 27.1 Å². The van der Waals surface area contributed by atoms with Crippen LogP contribution in [0, 0.1) is 18.3 Å². The normalized spacial score (nSPS) is 14.7. The van der Waals surface area contributed by atoms with E-state index >= 15 is 0 Å². The van der Waals surface area contributed by atoms with Crippen LogP contribution in [-0.2, 0) is 4.79 Å². The van der Waals surface area contributed by atoms with Crippen molar-refractivity contribution in [2.24, 2.45) is 16.6 Å². The Morgan fingerprint density at radius 3 is 2.49 bits per heavy atom. The van der Waals surface area contributed by atoms with Gasteiger partial charge in [0, 0.05) is 0 Å². The molecule has 7 nitrogen and oxygen atoms in total. The predicted molar refractivity (Wildman–Crippen MR) is 149 cm³/mol. The van der Waals surface area contributed by atoms with E-state index in [-0.39, 0.29) is 23.1 Å². The van der Waals surface area contributed by atoms with Crippen molar-refractivity contribution in [3.05, 3.63) is 107 Å². The summed E-state index contributed by atoms with van der Waals surface area (Å²) < 4.78 is 59.8. The Bertz CT molecular complexity index is 1510. The minimum atomic E-state index is -4.93. The van der Waals surface area contributed by atoms with Gasteiger partial charge < -0.3 is 21.1 Å². The first kappa shape index (κ1) is 29.3. The summed E-state index contributed by atoms with van der Waals surface area (Å²) in [6.07, 6.45) is -2.33. The molecule has 1 atom stereocenters. The number of rotatable bonds is 10. The van der Waals surface area contributed by atoms with Gasteiger partial charge in [0.1, 0.15) is 23.0 Å². The van der Waals surface area contributed by atoms with Crippen molar-refractivity contribution >= 4 is 28.7 Å². The number of halogens is 4. The van der Waals surface area contributed by atoms with Crippen LogP contribution in [0.5, 0.6) is 5.75 Å². The van der Waals surface area contributed by atoms with Gasteiger partial charge in [0.25, 0.3) is 5.91 Å². The average molecular weight is 566 g/mol. The van der Waals surface area contributed by atoms with E-state index < -0.39 is 29.3 Å². The van der Waals surface area contributed by atoms with Crippen LogP contribution in [0.3, 0.4) is 0 Å². The highest BCUT2D eigenvalue weighted by atomic mass is 19.4. The molecule has 41 heavy (non-hydrogen) atoms. The van der Waals surface area contributed by atoms with Gasteiger partial charge >= 0.3 is 6.18 Å². The quantitative estimate of drug-likeness (QED) is 0.147. The first-order valence-corrected chi connectivity index (χ1v) is 12.7. The van der Waals surface area contributed by atoms with Gasteiger partial charge in [-0.1, -0.05) is 30.3 Å². The second-order valence-corrected chi connectivity index (χ2v) is 9.48. The zero-order valence-corrected chi connectivity index (χ0v) is 22.0. The monoisotopic (exact) mass is 565 g/mol. The molecule has 1 amide bonds. The highest BCUT2D eigenvalue weighted by molar-refractivity contribution is 6.47. The summed E-state index contributed by atoms with van der Waals surface area (Å²) in [6, 6.07) is 16.8. The molecule has 1 fully saturated rings. The molecule has 1 aliphatic rings. The smallest absolute Gasteiger partial charge is 0.430 e. The van der Waals surface area contributed by atoms with E-state index in [4.69, 9.17) is 17.0 Å². The summed E-state index contributed by atoms with van der Waals surface area (Å²) in [5.41, 5.74) is 4.35. The van der Waals surface area contributed by atoms with E-state index in [1.165, 1.54) is 36.4 Å². The molecule has 1 aliphatic carbocycles. The second-order valence-electron chi connectivity index (χ2n) is 9.48. The molecule has 3 aromatic rings. The van der Waals surface area contributed by atoms with E-state index in [1.807, 2.05) is 12.1 Å². The van der Waals surface area contributed by atoms with E-state index in [9.17, 15) is 22.4 Å². The number of alkyl halides is 3. The summed E-state index contributed by atoms with van der Waals surface area (Å²) in [4.78, 5) is 20.4. The van der Waals surface area contributed by atoms with Crippen LogP contribution in [0.4, 0.5) is 34.6 Å². The molecule has 1 saturated carbocycles. The van der Waals surface area contributed by atoms with Crippen molar-refractivity contribution in [1.82, 2.24) is 5.32 Å². The van der Waals surface area contributed by atoms with Crippen molar-refractivity contribution in [2.45, 2.75) is 25.1 Å². The molecule has 11 heteroatoms. The highest BCUT2D eigenvalue weighted by Crippen LogP contribution is 2.32. The number of carbonyl (C=O) groups is 1. The third-order valence-corrected chi connectivity index (χ3v) is 6.39. The number of nitrogens with one attached hydrogen (secondary N) is 2.